The first kappa shape index (κ1) is 15.4. The third-order valence-electron chi connectivity index (χ3n) is 3.43. The minimum absolute atomic E-state index is 0.144. The number of benzene rings is 2. The van der Waals surface area contributed by atoms with E-state index in [0.717, 1.165) is 17.1 Å². The molecule has 3 heteroatoms. The molecule has 2 rings (SSSR count). The molecule has 0 amide bonds. The van der Waals surface area contributed by atoms with Crippen LogP contribution in [0.5, 0.6) is 11.5 Å². The molecule has 0 aliphatic rings. The standard InChI is InChI=1S/C18H23NO2/c1-4-20-16-7-5-6-8-17(16)21-14(3)18(19)15-11-9-13(2)10-12-15/h5-12,14,18H,4,19H2,1-3H3. The number of rotatable bonds is 6. The van der Waals surface area contributed by atoms with E-state index >= 15 is 0 Å². The normalized spacial score (nSPS) is 13.5. The van der Waals surface area contributed by atoms with Gasteiger partial charge < -0.3 is 15.2 Å². The van der Waals surface area contributed by atoms with Gasteiger partial charge in [-0.05, 0) is 38.5 Å². The summed E-state index contributed by atoms with van der Waals surface area (Å²) in [6.45, 7) is 6.61. The first-order chi connectivity index (χ1) is 10.1. The second-order valence-electron chi connectivity index (χ2n) is 5.14. The summed E-state index contributed by atoms with van der Waals surface area (Å²) < 4.78 is 11.6. The van der Waals surface area contributed by atoms with Crippen molar-refractivity contribution in [1.82, 2.24) is 0 Å². The van der Waals surface area contributed by atoms with Gasteiger partial charge in [0.15, 0.2) is 11.5 Å². The van der Waals surface area contributed by atoms with Crippen LogP contribution in [0.25, 0.3) is 0 Å². The van der Waals surface area contributed by atoms with Crippen molar-refractivity contribution in [1.29, 1.82) is 0 Å². The Labute approximate surface area is 126 Å². The van der Waals surface area contributed by atoms with Gasteiger partial charge in [0.05, 0.1) is 12.6 Å². The smallest absolute Gasteiger partial charge is 0.161 e. The second kappa shape index (κ2) is 7.14. The molecule has 0 bridgehead atoms. The van der Waals surface area contributed by atoms with Crippen molar-refractivity contribution in [2.24, 2.45) is 5.73 Å². The van der Waals surface area contributed by atoms with Crippen molar-refractivity contribution in [2.45, 2.75) is 32.9 Å². The predicted octanol–water partition coefficient (Wildman–Crippen LogP) is 3.86. The van der Waals surface area contributed by atoms with Crippen molar-refractivity contribution in [3.8, 4) is 11.5 Å². The Balaban J connectivity index is 2.10. The lowest BCUT2D eigenvalue weighted by Crippen LogP contribution is -2.28. The van der Waals surface area contributed by atoms with Gasteiger partial charge in [0.1, 0.15) is 6.10 Å². The quantitative estimate of drug-likeness (QED) is 0.876. The molecule has 0 fully saturated rings. The van der Waals surface area contributed by atoms with E-state index in [1.807, 2.05) is 50.2 Å². The van der Waals surface area contributed by atoms with E-state index in [0.29, 0.717) is 6.61 Å². The lowest BCUT2D eigenvalue weighted by Gasteiger charge is -2.23. The van der Waals surface area contributed by atoms with E-state index in [1.54, 1.807) is 0 Å². The van der Waals surface area contributed by atoms with Crippen molar-refractivity contribution in [3.05, 3.63) is 59.7 Å². The lowest BCUT2D eigenvalue weighted by molar-refractivity contribution is 0.180. The van der Waals surface area contributed by atoms with Crippen LogP contribution >= 0.6 is 0 Å². The molecular formula is C18H23NO2. The van der Waals surface area contributed by atoms with Crippen LogP contribution in [0.4, 0.5) is 0 Å². The van der Waals surface area contributed by atoms with E-state index in [4.69, 9.17) is 15.2 Å². The highest BCUT2D eigenvalue weighted by molar-refractivity contribution is 5.39. The summed E-state index contributed by atoms with van der Waals surface area (Å²) in [6, 6.07) is 15.7. The third-order valence-corrected chi connectivity index (χ3v) is 3.43. The number of ether oxygens (including phenoxy) is 2. The summed E-state index contributed by atoms with van der Waals surface area (Å²) >= 11 is 0. The summed E-state index contributed by atoms with van der Waals surface area (Å²) in [5.41, 5.74) is 8.59. The molecule has 0 heterocycles. The number of aryl methyl sites for hydroxylation is 1. The Morgan fingerprint density at radius 2 is 1.62 bits per heavy atom. The molecule has 2 aromatic carbocycles. The minimum Gasteiger partial charge on any atom is -0.490 e. The van der Waals surface area contributed by atoms with E-state index < -0.39 is 0 Å². The van der Waals surface area contributed by atoms with Gasteiger partial charge in [0.25, 0.3) is 0 Å². The second-order valence-corrected chi connectivity index (χ2v) is 5.14. The molecule has 0 aliphatic carbocycles. The maximum atomic E-state index is 6.29. The first-order valence-corrected chi connectivity index (χ1v) is 7.32. The predicted molar refractivity (Wildman–Crippen MR) is 85.8 cm³/mol. The van der Waals surface area contributed by atoms with Crippen LogP contribution in [0.1, 0.15) is 31.0 Å². The van der Waals surface area contributed by atoms with Gasteiger partial charge in [-0.1, -0.05) is 42.0 Å². The van der Waals surface area contributed by atoms with Crippen LogP contribution in [0.3, 0.4) is 0 Å². The van der Waals surface area contributed by atoms with Crippen LogP contribution in [-0.2, 0) is 0 Å². The van der Waals surface area contributed by atoms with Gasteiger partial charge >= 0.3 is 0 Å². The van der Waals surface area contributed by atoms with Gasteiger partial charge in [0, 0.05) is 0 Å². The molecule has 2 N–H and O–H groups in total. The summed E-state index contributed by atoms with van der Waals surface area (Å²) in [6.07, 6.45) is -0.144. The van der Waals surface area contributed by atoms with Crippen LogP contribution in [0, 0.1) is 6.92 Å². The number of para-hydroxylation sites is 2. The Morgan fingerprint density at radius 1 is 1.00 bits per heavy atom. The summed E-state index contributed by atoms with van der Waals surface area (Å²) in [5, 5.41) is 0. The molecule has 2 atom stereocenters. The average Bonchev–Trinajstić information content (AvgIpc) is 2.49. The number of nitrogens with two attached hydrogens (primary N) is 1. The Bertz CT molecular complexity index is 566. The molecule has 0 spiro atoms. The fourth-order valence-corrected chi connectivity index (χ4v) is 2.16. The first-order valence-electron chi connectivity index (χ1n) is 7.32. The highest BCUT2D eigenvalue weighted by Gasteiger charge is 2.18. The van der Waals surface area contributed by atoms with E-state index in [1.165, 1.54) is 5.56 Å². The fraction of sp³-hybridized carbons (Fsp3) is 0.333. The molecule has 21 heavy (non-hydrogen) atoms. The topological polar surface area (TPSA) is 44.5 Å². The molecule has 112 valence electrons. The van der Waals surface area contributed by atoms with E-state index in [9.17, 15) is 0 Å². The van der Waals surface area contributed by atoms with Crippen molar-refractivity contribution in [2.75, 3.05) is 6.61 Å². The molecule has 0 aromatic heterocycles. The number of hydrogen-bond donors (Lipinski definition) is 1. The molecule has 0 saturated heterocycles. The van der Waals surface area contributed by atoms with Crippen LogP contribution in [0.15, 0.2) is 48.5 Å². The molecule has 3 nitrogen and oxygen atoms in total. The van der Waals surface area contributed by atoms with Gasteiger partial charge in [-0.2, -0.15) is 0 Å². The molecule has 0 saturated carbocycles. The van der Waals surface area contributed by atoms with E-state index in [-0.39, 0.29) is 12.1 Å². The summed E-state index contributed by atoms with van der Waals surface area (Å²) in [4.78, 5) is 0. The molecule has 2 aromatic rings. The van der Waals surface area contributed by atoms with Crippen molar-refractivity contribution in [3.63, 3.8) is 0 Å². The Kier molecular flexibility index (Phi) is 5.23. The highest BCUT2D eigenvalue weighted by atomic mass is 16.5. The fourth-order valence-electron chi connectivity index (χ4n) is 2.16. The largest absolute Gasteiger partial charge is 0.490 e. The monoisotopic (exact) mass is 285 g/mol. The summed E-state index contributed by atoms with van der Waals surface area (Å²) in [5.74, 6) is 1.48. The van der Waals surface area contributed by atoms with Gasteiger partial charge in [-0.3, -0.25) is 0 Å². The molecule has 0 aliphatic heterocycles. The van der Waals surface area contributed by atoms with Gasteiger partial charge in [-0.25, -0.2) is 0 Å². The van der Waals surface area contributed by atoms with Crippen molar-refractivity contribution >= 4 is 0 Å². The zero-order valence-electron chi connectivity index (χ0n) is 12.9. The zero-order chi connectivity index (χ0) is 15.2. The Hall–Kier alpha value is -2.00. The highest BCUT2D eigenvalue weighted by Crippen LogP contribution is 2.29. The Morgan fingerprint density at radius 3 is 2.24 bits per heavy atom. The van der Waals surface area contributed by atoms with Crippen LogP contribution < -0.4 is 15.2 Å². The summed E-state index contributed by atoms with van der Waals surface area (Å²) in [7, 11) is 0. The minimum atomic E-state index is -0.180. The van der Waals surface area contributed by atoms with Crippen molar-refractivity contribution < 1.29 is 9.47 Å². The van der Waals surface area contributed by atoms with Crippen LogP contribution in [0.2, 0.25) is 0 Å². The average molecular weight is 285 g/mol. The number of hydrogen-bond acceptors (Lipinski definition) is 3. The lowest BCUT2D eigenvalue weighted by atomic mass is 10.0. The zero-order valence-corrected chi connectivity index (χ0v) is 12.9. The molecular weight excluding hydrogens is 262 g/mol. The van der Waals surface area contributed by atoms with E-state index in [2.05, 4.69) is 19.1 Å². The van der Waals surface area contributed by atoms with Gasteiger partial charge in [0.2, 0.25) is 0 Å². The third kappa shape index (κ3) is 3.99. The maximum absolute atomic E-state index is 6.29. The molecule has 0 radical (unpaired) electrons. The molecule has 2 unspecified atom stereocenters. The van der Waals surface area contributed by atoms with Crippen LogP contribution in [-0.4, -0.2) is 12.7 Å². The SMILES string of the molecule is CCOc1ccccc1OC(C)C(N)c1ccc(C)cc1. The van der Waals surface area contributed by atoms with Gasteiger partial charge in [-0.15, -0.1) is 0 Å². The maximum Gasteiger partial charge on any atom is 0.161 e.